The zero-order valence-corrected chi connectivity index (χ0v) is 12.4. The van der Waals surface area contributed by atoms with Gasteiger partial charge >= 0.3 is 0 Å². The maximum absolute atomic E-state index is 12.5. The highest BCUT2D eigenvalue weighted by Gasteiger charge is 2.21. The fourth-order valence-corrected chi connectivity index (χ4v) is 2.22. The first-order valence-corrected chi connectivity index (χ1v) is 7.00. The number of nitrogens with zero attached hydrogens (tertiary/aromatic N) is 1. The van der Waals surface area contributed by atoms with E-state index in [2.05, 4.69) is 15.6 Å². The Bertz CT molecular complexity index is 494. The number of nitrogens with one attached hydrogen (secondary N) is 2. The van der Waals surface area contributed by atoms with Crippen LogP contribution in [0.4, 0.5) is 8.78 Å². The van der Waals surface area contributed by atoms with Gasteiger partial charge in [0, 0.05) is 6.54 Å². The summed E-state index contributed by atoms with van der Waals surface area (Å²) in [6, 6.07) is 0. The number of carbonyl (C=O) groups excluding carboxylic acids is 2. The summed E-state index contributed by atoms with van der Waals surface area (Å²) in [7, 11) is 0. The van der Waals surface area contributed by atoms with Gasteiger partial charge in [0.2, 0.25) is 5.91 Å². The maximum Gasteiger partial charge on any atom is 0.280 e. The summed E-state index contributed by atoms with van der Waals surface area (Å²) in [4.78, 5) is 26.1. The predicted octanol–water partition coefficient (Wildman–Crippen LogP) is 2.24. The van der Waals surface area contributed by atoms with Crippen LogP contribution in [0.5, 0.6) is 0 Å². The van der Waals surface area contributed by atoms with E-state index in [1.165, 1.54) is 0 Å². The van der Waals surface area contributed by atoms with Crippen molar-refractivity contribution in [2.45, 2.75) is 20.3 Å². The Balaban J connectivity index is 2.51. The normalized spacial score (nSPS) is 10.9. The number of halogens is 3. The van der Waals surface area contributed by atoms with E-state index in [9.17, 15) is 18.4 Å². The van der Waals surface area contributed by atoms with Crippen LogP contribution < -0.4 is 10.6 Å². The number of alkyl halides is 2. The van der Waals surface area contributed by atoms with Crippen LogP contribution in [-0.4, -0.2) is 29.9 Å². The van der Waals surface area contributed by atoms with E-state index in [-0.39, 0.29) is 22.6 Å². The van der Waals surface area contributed by atoms with Crippen LogP contribution in [0.15, 0.2) is 0 Å². The summed E-state index contributed by atoms with van der Waals surface area (Å²) in [5.41, 5.74) is 0. The Morgan fingerprint density at radius 2 is 2.00 bits per heavy atom. The van der Waals surface area contributed by atoms with Crippen molar-refractivity contribution in [2.75, 3.05) is 13.1 Å². The van der Waals surface area contributed by atoms with Crippen LogP contribution >= 0.6 is 22.9 Å². The number of rotatable bonds is 6. The van der Waals surface area contributed by atoms with Gasteiger partial charge < -0.3 is 10.6 Å². The van der Waals surface area contributed by atoms with Crippen molar-refractivity contribution >= 4 is 34.8 Å². The van der Waals surface area contributed by atoms with Crippen LogP contribution in [-0.2, 0) is 4.79 Å². The van der Waals surface area contributed by atoms with Crippen molar-refractivity contribution in [3.05, 3.63) is 15.0 Å². The van der Waals surface area contributed by atoms with Crippen molar-refractivity contribution in [2.24, 2.45) is 5.92 Å². The van der Waals surface area contributed by atoms with Gasteiger partial charge in [-0.3, -0.25) is 9.59 Å². The topological polar surface area (TPSA) is 71.1 Å². The lowest BCUT2D eigenvalue weighted by molar-refractivity contribution is -0.120. The number of carbonyl (C=O) groups is 2. The van der Waals surface area contributed by atoms with Gasteiger partial charge in [0.05, 0.1) is 6.54 Å². The Kier molecular flexibility index (Phi) is 6.28. The van der Waals surface area contributed by atoms with Crippen LogP contribution in [0.1, 0.15) is 35.0 Å². The molecule has 0 aliphatic rings. The number of aromatic nitrogens is 1. The molecule has 20 heavy (non-hydrogen) atoms. The Hall–Kier alpha value is -1.28. The fraction of sp³-hybridized carbons (Fsp3) is 0.545. The van der Waals surface area contributed by atoms with Crippen molar-refractivity contribution < 1.29 is 18.4 Å². The second-order valence-corrected chi connectivity index (χ2v) is 5.74. The second kappa shape index (κ2) is 7.49. The molecule has 2 N–H and O–H groups in total. The smallest absolute Gasteiger partial charge is 0.280 e. The van der Waals surface area contributed by atoms with Crippen LogP contribution in [0.3, 0.4) is 0 Å². The molecule has 1 aromatic rings. The standard InChI is InChI=1S/C11H14ClF2N3O2S/c1-5(2)3-15-6(18)4-16-10(19)11-17-8(12)7(20-11)9(13)14/h5,9H,3-4H2,1-2H3,(H,15,18)(H,16,19). The van der Waals surface area contributed by atoms with E-state index >= 15 is 0 Å². The molecule has 0 saturated carbocycles. The van der Waals surface area contributed by atoms with Crippen LogP contribution in [0, 0.1) is 5.92 Å². The van der Waals surface area contributed by atoms with E-state index in [1.807, 2.05) is 13.8 Å². The minimum Gasteiger partial charge on any atom is -0.354 e. The Morgan fingerprint density at radius 1 is 1.35 bits per heavy atom. The zero-order valence-electron chi connectivity index (χ0n) is 10.9. The molecule has 0 atom stereocenters. The highest BCUT2D eigenvalue weighted by molar-refractivity contribution is 7.14. The third-order valence-corrected chi connectivity index (χ3v) is 3.58. The summed E-state index contributed by atoms with van der Waals surface area (Å²) in [6.07, 6.45) is -2.78. The van der Waals surface area contributed by atoms with E-state index in [4.69, 9.17) is 11.6 Å². The van der Waals surface area contributed by atoms with Gasteiger partial charge in [-0.1, -0.05) is 25.4 Å². The fourth-order valence-electron chi connectivity index (χ4n) is 1.16. The minimum atomic E-state index is -2.78. The first kappa shape index (κ1) is 16.8. The molecule has 0 saturated heterocycles. The molecule has 0 aliphatic heterocycles. The van der Waals surface area contributed by atoms with Gasteiger partial charge in [0.15, 0.2) is 5.01 Å². The van der Waals surface area contributed by atoms with Crippen molar-refractivity contribution in [3.8, 4) is 0 Å². The molecule has 0 radical (unpaired) electrons. The molecule has 0 spiro atoms. The van der Waals surface area contributed by atoms with Gasteiger partial charge in [-0.05, 0) is 5.92 Å². The van der Waals surface area contributed by atoms with Crippen molar-refractivity contribution in [1.29, 1.82) is 0 Å². The lowest BCUT2D eigenvalue weighted by atomic mass is 10.2. The largest absolute Gasteiger partial charge is 0.354 e. The van der Waals surface area contributed by atoms with Crippen LogP contribution in [0.2, 0.25) is 5.15 Å². The summed E-state index contributed by atoms with van der Waals surface area (Å²) >= 11 is 6.00. The van der Waals surface area contributed by atoms with Gasteiger partial charge in [-0.2, -0.15) is 0 Å². The van der Waals surface area contributed by atoms with Gasteiger partial charge in [0.25, 0.3) is 12.3 Å². The second-order valence-electron chi connectivity index (χ2n) is 4.36. The third-order valence-electron chi connectivity index (χ3n) is 2.12. The molecule has 1 aromatic heterocycles. The maximum atomic E-state index is 12.5. The van der Waals surface area contributed by atoms with E-state index in [1.54, 1.807) is 0 Å². The molecule has 0 bridgehead atoms. The average molecular weight is 326 g/mol. The first-order chi connectivity index (χ1) is 9.31. The SMILES string of the molecule is CC(C)CNC(=O)CNC(=O)c1nc(Cl)c(C(F)F)s1. The molecular formula is C11H14ClF2N3O2S. The predicted molar refractivity (Wildman–Crippen MR) is 72.3 cm³/mol. The number of thiazole rings is 1. The summed E-state index contributed by atoms with van der Waals surface area (Å²) in [5.74, 6) is -0.770. The summed E-state index contributed by atoms with van der Waals surface area (Å²) < 4.78 is 25.0. The highest BCUT2D eigenvalue weighted by atomic mass is 35.5. The number of hydrogen-bond acceptors (Lipinski definition) is 4. The first-order valence-electron chi connectivity index (χ1n) is 5.80. The lowest BCUT2D eigenvalue weighted by Gasteiger charge is -2.07. The zero-order chi connectivity index (χ0) is 15.3. The molecule has 0 unspecified atom stereocenters. The molecule has 112 valence electrons. The quantitative estimate of drug-likeness (QED) is 0.842. The number of amides is 2. The Labute approximate surface area is 123 Å². The summed E-state index contributed by atoms with van der Waals surface area (Å²) in [6.45, 7) is 4.12. The molecule has 0 fully saturated rings. The third kappa shape index (κ3) is 5.01. The summed E-state index contributed by atoms with van der Waals surface area (Å²) in [5, 5.41) is 4.32. The van der Waals surface area contributed by atoms with Crippen molar-refractivity contribution in [1.82, 2.24) is 15.6 Å². The average Bonchev–Trinajstić information content (AvgIpc) is 2.75. The Morgan fingerprint density at radius 3 is 2.50 bits per heavy atom. The van der Waals surface area contributed by atoms with Crippen molar-refractivity contribution in [3.63, 3.8) is 0 Å². The molecular weight excluding hydrogens is 312 g/mol. The minimum absolute atomic E-state index is 0.193. The van der Waals surface area contributed by atoms with E-state index < -0.39 is 17.2 Å². The van der Waals surface area contributed by atoms with E-state index in [0.717, 1.165) is 0 Å². The molecule has 5 nitrogen and oxygen atoms in total. The van der Waals surface area contributed by atoms with Gasteiger partial charge in [-0.15, -0.1) is 11.3 Å². The molecule has 0 aliphatic carbocycles. The molecule has 9 heteroatoms. The van der Waals surface area contributed by atoms with Crippen LogP contribution in [0.25, 0.3) is 0 Å². The number of hydrogen-bond donors (Lipinski definition) is 2. The van der Waals surface area contributed by atoms with Gasteiger partial charge in [0.1, 0.15) is 10.0 Å². The monoisotopic (exact) mass is 325 g/mol. The van der Waals surface area contributed by atoms with Gasteiger partial charge in [-0.25, -0.2) is 13.8 Å². The molecule has 1 heterocycles. The van der Waals surface area contributed by atoms with E-state index in [0.29, 0.717) is 23.8 Å². The highest BCUT2D eigenvalue weighted by Crippen LogP contribution is 2.32. The molecule has 2 amide bonds. The molecule has 0 aromatic carbocycles. The lowest BCUT2D eigenvalue weighted by Crippen LogP contribution is -2.38. The molecule has 1 rings (SSSR count).